The van der Waals surface area contributed by atoms with Crippen LogP contribution in [0.2, 0.25) is 0 Å². The number of rotatable bonds is 4. The number of carboxylic acids is 1. The summed E-state index contributed by atoms with van der Waals surface area (Å²) in [5.74, 6) is -2.33. The summed E-state index contributed by atoms with van der Waals surface area (Å²) in [7, 11) is 1.25. The third kappa shape index (κ3) is 4.09. The van der Waals surface area contributed by atoms with Gasteiger partial charge >= 0.3 is 11.9 Å². The fraction of sp³-hybridized carbons (Fsp3) is 0.0833. The number of benzene rings is 1. The molecule has 0 spiro atoms. The van der Waals surface area contributed by atoms with E-state index in [1.165, 1.54) is 19.2 Å². The van der Waals surface area contributed by atoms with Crippen LogP contribution in [0, 0.1) is 0 Å². The lowest BCUT2D eigenvalue weighted by atomic mass is 10.2. The van der Waals surface area contributed by atoms with Crippen LogP contribution in [0.1, 0.15) is 10.4 Å². The Labute approximate surface area is 103 Å². The SMILES string of the molecule is COC(=O)c1cccc(NC(=O)/C=C/C(=O)O)c1. The second kappa shape index (κ2) is 6.19. The van der Waals surface area contributed by atoms with Gasteiger partial charge in [-0.15, -0.1) is 0 Å². The molecule has 94 valence electrons. The second-order valence-corrected chi connectivity index (χ2v) is 3.23. The molecule has 2 N–H and O–H groups in total. The van der Waals surface area contributed by atoms with E-state index in [4.69, 9.17) is 5.11 Å². The number of methoxy groups -OCH3 is 1. The summed E-state index contributed by atoms with van der Waals surface area (Å²) in [6.45, 7) is 0. The lowest BCUT2D eigenvalue weighted by Gasteiger charge is -2.04. The Bertz CT molecular complexity index is 507. The molecule has 1 rings (SSSR count). The minimum absolute atomic E-state index is 0.289. The van der Waals surface area contributed by atoms with E-state index in [2.05, 4.69) is 10.1 Å². The van der Waals surface area contributed by atoms with Crippen LogP contribution >= 0.6 is 0 Å². The van der Waals surface area contributed by atoms with Gasteiger partial charge in [0.2, 0.25) is 5.91 Å². The summed E-state index contributed by atoms with van der Waals surface area (Å²) < 4.78 is 4.53. The summed E-state index contributed by atoms with van der Waals surface area (Å²) in [5.41, 5.74) is 0.662. The highest BCUT2D eigenvalue weighted by Crippen LogP contribution is 2.11. The molecule has 0 fully saturated rings. The predicted molar refractivity (Wildman–Crippen MR) is 63.2 cm³/mol. The van der Waals surface area contributed by atoms with Crippen molar-refractivity contribution >= 4 is 23.5 Å². The number of carbonyl (C=O) groups excluding carboxylic acids is 2. The standard InChI is InChI=1S/C12H11NO5/c1-18-12(17)8-3-2-4-9(7-8)13-10(14)5-6-11(15)16/h2-7H,1H3,(H,13,14)(H,15,16)/b6-5+. The number of carbonyl (C=O) groups is 3. The number of hydrogen-bond donors (Lipinski definition) is 2. The highest BCUT2D eigenvalue weighted by atomic mass is 16.5. The molecule has 0 heterocycles. The largest absolute Gasteiger partial charge is 0.478 e. The van der Waals surface area contributed by atoms with Crippen LogP contribution in [-0.4, -0.2) is 30.1 Å². The normalized spacial score (nSPS) is 10.1. The molecule has 0 radical (unpaired) electrons. The Kier molecular flexibility index (Phi) is 4.62. The van der Waals surface area contributed by atoms with Gasteiger partial charge in [0.25, 0.3) is 0 Å². The van der Waals surface area contributed by atoms with E-state index >= 15 is 0 Å². The molecule has 0 aliphatic carbocycles. The highest BCUT2D eigenvalue weighted by Gasteiger charge is 2.06. The molecule has 1 aromatic rings. The quantitative estimate of drug-likeness (QED) is 0.614. The predicted octanol–water partition coefficient (Wildman–Crippen LogP) is 1.05. The van der Waals surface area contributed by atoms with E-state index < -0.39 is 17.8 Å². The fourth-order valence-corrected chi connectivity index (χ4v) is 1.17. The van der Waals surface area contributed by atoms with Crippen LogP contribution in [0.15, 0.2) is 36.4 Å². The zero-order valence-corrected chi connectivity index (χ0v) is 9.54. The van der Waals surface area contributed by atoms with Gasteiger partial charge < -0.3 is 15.2 Å². The maximum Gasteiger partial charge on any atom is 0.337 e. The minimum atomic E-state index is -1.21. The smallest absolute Gasteiger partial charge is 0.337 e. The molecule has 1 amide bonds. The van der Waals surface area contributed by atoms with Crippen molar-refractivity contribution in [3.63, 3.8) is 0 Å². The third-order valence-corrected chi connectivity index (χ3v) is 1.93. The molecular weight excluding hydrogens is 238 g/mol. The number of amides is 1. The van der Waals surface area contributed by atoms with Crippen molar-refractivity contribution in [2.75, 3.05) is 12.4 Å². The lowest BCUT2D eigenvalue weighted by Crippen LogP contribution is -2.09. The Morgan fingerprint density at radius 1 is 1.28 bits per heavy atom. The van der Waals surface area contributed by atoms with Gasteiger partial charge in [-0.2, -0.15) is 0 Å². The molecule has 0 saturated heterocycles. The van der Waals surface area contributed by atoms with Crippen molar-refractivity contribution in [1.82, 2.24) is 0 Å². The van der Waals surface area contributed by atoms with Gasteiger partial charge in [-0.1, -0.05) is 6.07 Å². The topological polar surface area (TPSA) is 92.7 Å². The van der Waals surface area contributed by atoms with Crippen LogP contribution < -0.4 is 5.32 Å². The molecule has 0 atom stereocenters. The number of anilines is 1. The van der Waals surface area contributed by atoms with Gasteiger partial charge in [-0.05, 0) is 18.2 Å². The van der Waals surface area contributed by atoms with Crippen LogP contribution in [0.3, 0.4) is 0 Å². The zero-order valence-electron chi connectivity index (χ0n) is 9.54. The Morgan fingerprint density at radius 2 is 2.00 bits per heavy atom. The first-order valence-electron chi connectivity index (χ1n) is 4.93. The van der Waals surface area contributed by atoms with E-state index in [9.17, 15) is 14.4 Å². The van der Waals surface area contributed by atoms with Crippen molar-refractivity contribution < 1.29 is 24.2 Å². The number of ether oxygens (including phenoxy) is 1. The van der Waals surface area contributed by atoms with Crippen molar-refractivity contribution in [3.05, 3.63) is 42.0 Å². The maximum absolute atomic E-state index is 11.3. The molecule has 0 saturated carbocycles. The molecule has 0 aromatic heterocycles. The first-order chi connectivity index (χ1) is 8.52. The van der Waals surface area contributed by atoms with Crippen LogP contribution in [0.25, 0.3) is 0 Å². The summed E-state index contributed by atoms with van der Waals surface area (Å²) in [5, 5.41) is 10.8. The van der Waals surface area contributed by atoms with E-state index in [0.717, 1.165) is 12.2 Å². The van der Waals surface area contributed by atoms with Crippen LogP contribution in [0.5, 0.6) is 0 Å². The molecule has 0 unspecified atom stereocenters. The molecular formula is C12H11NO5. The molecule has 0 aliphatic heterocycles. The fourth-order valence-electron chi connectivity index (χ4n) is 1.17. The van der Waals surface area contributed by atoms with Gasteiger partial charge in [0.05, 0.1) is 12.7 Å². The van der Waals surface area contributed by atoms with Crippen molar-refractivity contribution in [2.45, 2.75) is 0 Å². The number of carboxylic acid groups (broad SMARTS) is 1. The number of aliphatic carboxylic acids is 1. The van der Waals surface area contributed by atoms with E-state index in [0.29, 0.717) is 5.69 Å². The van der Waals surface area contributed by atoms with Gasteiger partial charge in [0.15, 0.2) is 0 Å². The lowest BCUT2D eigenvalue weighted by molar-refractivity contribution is -0.131. The monoisotopic (exact) mass is 249 g/mol. The average molecular weight is 249 g/mol. The van der Waals surface area contributed by atoms with Gasteiger partial charge in [-0.25, -0.2) is 9.59 Å². The Hall–Kier alpha value is -2.63. The average Bonchev–Trinajstić information content (AvgIpc) is 2.35. The van der Waals surface area contributed by atoms with Crippen LogP contribution in [-0.2, 0) is 14.3 Å². The van der Waals surface area contributed by atoms with Crippen molar-refractivity contribution in [1.29, 1.82) is 0 Å². The first kappa shape index (κ1) is 13.4. The summed E-state index contributed by atoms with van der Waals surface area (Å²) >= 11 is 0. The van der Waals surface area contributed by atoms with Crippen LogP contribution in [0.4, 0.5) is 5.69 Å². The molecule has 6 nitrogen and oxygen atoms in total. The Morgan fingerprint density at radius 3 is 2.61 bits per heavy atom. The zero-order chi connectivity index (χ0) is 13.5. The van der Waals surface area contributed by atoms with E-state index in [1.807, 2.05) is 0 Å². The summed E-state index contributed by atoms with van der Waals surface area (Å²) in [6.07, 6.45) is 1.60. The molecule has 6 heteroatoms. The number of hydrogen-bond acceptors (Lipinski definition) is 4. The van der Waals surface area contributed by atoms with E-state index in [1.54, 1.807) is 12.1 Å². The number of nitrogens with one attached hydrogen (secondary N) is 1. The number of esters is 1. The molecule has 0 bridgehead atoms. The maximum atomic E-state index is 11.3. The highest BCUT2D eigenvalue weighted by molar-refractivity contribution is 6.03. The summed E-state index contributed by atoms with van der Waals surface area (Å²) in [6, 6.07) is 6.11. The second-order valence-electron chi connectivity index (χ2n) is 3.23. The van der Waals surface area contributed by atoms with Gasteiger partial charge in [0, 0.05) is 17.8 Å². The Balaban J connectivity index is 2.76. The molecule has 18 heavy (non-hydrogen) atoms. The minimum Gasteiger partial charge on any atom is -0.478 e. The third-order valence-electron chi connectivity index (χ3n) is 1.93. The van der Waals surface area contributed by atoms with E-state index in [-0.39, 0.29) is 5.56 Å². The van der Waals surface area contributed by atoms with Gasteiger partial charge in [0.1, 0.15) is 0 Å². The molecule has 1 aromatic carbocycles. The summed E-state index contributed by atoms with van der Waals surface area (Å²) in [4.78, 5) is 32.7. The molecule has 0 aliphatic rings. The van der Waals surface area contributed by atoms with Crippen molar-refractivity contribution in [2.24, 2.45) is 0 Å². The van der Waals surface area contributed by atoms with Gasteiger partial charge in [-0.3, -0.25) is 4.79 Å². The first-order valence-corrected chi connectivity index (χ1v) is 4.93. The van der Waals surface area contributed by atoms with Crippen molar-refractivity contribution in [3.8, 4) is 0 Å².